The Bertz CT molecular complexity index is 820. The maximum atomic E-state index is 13.5. The van der Waals surface area contributed by atoms with Crippen LogP contribution in [0.15, 0.2) is 46.6 Å². The lowest BCUT2D eigenvalue weighted by molar-refractivity contribution is 0.0138. The number of aromatic nitrogens is 1. The Labute approximate surface area is 148 Å². The summed E-state index contributed by atoms with van der Waals surface area (Å²) in [6, 6.07) is 6.46. The molecule has 0 bridgehead atoms. The van der Waals surface area contributed by atoms with E-state index in [1.807, 2.05) is 0 Å². The molecule has 2 aromatic rings. The van der Waals surface area contributed by atoms with Gasteiger partial charge in [-0.1, -0.05) is 0 Å². The summed E-state index contributed by atoms with van der Waals surface area (Å²) in [5, 5.41) is 3.52. The maximum Gasteiger partial charge on any atom is 0.273 e. The van der Waals surface area contributed by atoms with Crippen molar-refractivity contribution in [3.63, 3.8) is 0 Å². The van der Waals surface area contributed by atoms with E-state index >= 15 is 0 Å². The lowest BCUT2D eigenvalue weighted by atomic mass is 10.1. The average Bonchev–Trinajstić information content (AvgIpc) is 2.62. The van der Waals surface area contributed by atoms with Crippen molar-refractivity contribution in [1.29, 1.82) is 0 Å². The molecule has 1 aromatic carbocycles. The molecule has 0 unspecified atom stereocenters. The standard InChI is InChI=1S/C17H17F3N4O2/c1-17(19,20)13-8-11(5-6-14(13)18)23-9-12(24-21)10-26-15-4-3-7-22-16(15)25-2/h3-9H,10,21H2,1-2H3. The lowest BCUT2D eigenvalue weighted by Gasteiger charge is -2.12. The van der Waals surface area contributed by atoms with Crippen LogP contribution in [0.25, 0.3) is 0 Å². The summed E-state index contributed by atoms with van der Waals surface area (Å²) in [7, 11) is 1.45. The first-order valence-electron chi connectivity index (χ1n) is 7.45. The summed E-state index contributed by atoms with van der Waals surface area (Å²) in [6.45, 7) is 0.556. The minimum Gasteiger partial charge on any atom is -0.481 e. The van der Waals surface area contributed by atoms with Gasteiger partial charge in [0.1, 0.15) is 18.1 Å². The van der Waals surface area contributed by atoms with Gasteiger partial charge in [-0.15, -0.1) is 0 Å². The number of hydrogen-bond donors (Lipinski definition) is 1. The van der Waals surface area contributed by atoms with Crippen LogP contribution in [0.3, 0.4) is 0 Å². The predicted molar refractivity (Wildman–Crippen MR) is 92.0 cm³/mol. The molecule has 0 radical (unpaired) electrons. The number of ether oxygens (including phenoxy) is 2. The van der Waals surface area contributed by atoms with E-state index in [0.29, 0.717) is 12.7 Å². The fourth-order valence-corrected chi connectivity index (χ4v) is 1.98. The second kappa shape index (κ2) is 8.32. The zero-order valence-electron chi connectivity index (χ0n) is 14.1. The molecule has 2 N–H and O–H groups in total. The van der Waals surface area contributed by atoms with Gasteiger partial charge in [-0.2, -0.15) is 5.10 Å². The molecule has 0 amide bonds. The number of benzene rings is 1. The molecule has 1 heterocycles. The van der Waals surface area contributed by atoms with Gasteiger partial charge in [-0.3, -0.25) is 4.99 Å². The highest BCUT2D eigenvalue weighted by atomic mass is 19.3. The smallest absolute Gasteiger partial charge is 0.273 e. The van der Waals surface area contributed by atoms with Crippen molar-refractivity contribution in [2.24, 2.45) is 15.9 Å². The van der Waals surface area contributed by atoms with E-state index in [2.05, 4.69) is 15.1 Å². The maximum absolute atomic E-state index is 13.5. The van der Waals surface area contributed by atoms with Crippen molar-refractivity contribution < 1.29 is 22.6 Å². The summed E-state index contributed by atoms with van der Waals surface area (Å²) >= 11 is 0. The van der Waals surface area contributed by atoms with Gasteiger partial charge in [-0.05, 0) is 30.3 Å². The molecule has 1 aromatic heterocycles. The molecule has 6 nitrogen and oxygen atoms in total. The number of rotatable bonds is 7. The number of hydrazone groups is 1. The highest BCUT2D eigenvalue weighted by Gasteiger charge is 2.28. The molecule has 0 aliphatic rings. The van der Waals surface area contributed by atoms with Gasteiger partial charge in [-0.25, -0.2) is 18.2 Å². The number of hydrogen-bond acceptors (Lipinski definition) is 6. The molecule has 26 heavy (non-hydrogen) atoms. The van der Waals surface area contributed by atoms with Crippen LogP contribution in [0.1, 0.15) is 12.5 Å². The van der Waals surface area contributed by atoms with E-state index in [9.17, 15) is 13.2 Å². The first-order valence-corrected chi connectivity index (χ1v) is 7.45. The highest BCUT2D eigenvalue weighted by molar-refractivity contribution is 6.31. The van der Waals surface area contributed by atoms with Crippen molar-refractivity contribution >= 4 is 17.6 Å². The zero-order valence-corrected chi connectivity index (χ0v) is 14.1. The molecule has 9 heteroatoms. The summed E-state index contributed by atoms with van der Waals surface area (Å²) in [6.07, 6.45) is 2.79. The normalized spacial score (nSPS) is 12.4. The van der Waals surface area contributed by atoms with Crippen LogP contribution in [0.2, 0.25) is 0 Å². The van der Waals surface area contributed by atoms with Crippen molar-refractivity contribution in [3.05, 3.63) is 47.9 Å². The minimum atomic E-state index is -3.32. The SMILES string of the molecule is COc1ncccc1OCC(C=Nc1ccc(F)c(C(C)(F)F)c1)=NN. The molecule has 138 valence electrons. The third-order valence-corrected chi connectivity index (χ3v) is 3.26. The van der Waals surface area contributed by atoms with E-state index in [-0.39, 0.29) is 23.9 Å². The number of alkyl halides is 2. The van der Waals surface area contributed by atoms with Gasteiger partial charge in [0.2, 0.25) is 0 Å². The topological polar surface area (TPSA) is 82.1 Å². The van der Waals surface area contributed by atoms with Gasteiger partial charge >= 0.3 is 0 Å². The molecule has 0 fully saturated rings. The highest BCUT2D eigenvalue weighted by Crippen LogP contribution is 2.31. The van der Waals surface area contributed by atoms with E-state index < -0.39 is 17.3 Å². The van der Waals surface area contributed by atoms with Crippen LogP contribution in [-0.4, -0.2) is 30.6 Å². The Morgan fingerprint density at radius 2 is 2.12 bits per heavy atom. The Hall–Kier alpha value is -3.10. The molecule has 0 aliphatic heterocycles. The average molecular weight is 366 g/mol. The van der Waals surface area contributed by atoms with Crippen LogP contribution in [0, 0.1) is 5.82 Å². The van der Waals surface area contributed by atoms with Crippen LogP contribution in [-0.2, 0) is 5.92 Å². The quantitative estimate of drug-likeness (QED) is 0.462. The predicted octanol–water partition coefficient (Wildman–Crippen LogP) is 3.44. The molecule has 0 spiro atoms. The first-order chi connectivity index (χ1) is 12.3. The molecule has 0 aliphatic carbocycles. The molecule has 2 rings (SSSR count). The molecule has 0 atom stereocenters. The lowest BCUT2D eigenvalue weighted by Crippen LogP contribution is -2.15. The van der Waals surface area contributed by atoms with Crippen molar-refractivity contribution in [2.45, 2.75) is 12.8 Å². The number of methoxy groups -OCH3 is 1. The number of halogens is 3. The molecular weight excluding hydrogens is 349 g/mol. The molecule has 0 saturated carbocycles. The van der Waals surface area contributed by atoms with E-state index in [1.165, 1.54) is 19.4 Å². The van der Waals surface area contributed by atoms with E-state index in [0.717, 1.165) is 12.1 Å². The fourth-order valence-electron chi connectivity index (χ4n) is 1.98. The van der Waals surface area contributed by atoms with Crippen LogP contribution in [0.5, 0.6) is 11.6 Å². The van der Waals surface area contributed by atoms with Gasteiger partial charge in [0, 0.05) is 13.1 Å². The van der Waals surface area contributed by atoms with Gasteiger partial charge < -0.3 is 15.3 Å². The summed E-state index contributed by atoms with van der Waals surface area (Å²) in [4.78, 5) is 7.96. The van der Waals surface area contributed by atoms with Crippen molar-refractivity contribution in [3.8, 4) is 11.6 Å². The summed E-state index contributed by atoms with van der Waals surface area (Å²) in [5.74, 6) is 1.62. The Morgan fingerprint density at radius 3 is 2.77 bits per heavy atom. The van der Waals surface area contributed by atoms with Crippen LogP contribution in [0.4, 0.5) is 18.9 Å². The Morgan fingerprint density at radius 1 is 1.35 bits per heavy atom. The monoisotopic (exact) mass is 366 g/mol. The van der Waals surface area contributed by atoms with Crippen molar-refractivity contribution in [1.82, 2.24) is 4.98 Å². The second-order valence-corrected chi connectivity index (χ2v) is 5.23. The third kappa shape index (κ3) is 4.95. The zero-order chi connectivity index (χ0) is 19.2. The fraction of sp³-hybridized carbons (Fsp3) is 0.235. The van der Waals surface area contributed by atoms with E-state index in [4.69, 9.17) is 15.3 Å². The third-order valence-electron chi connectivity index (χ3n) is 3.26. The summed E-state index contributed by atoms with van der Waals surface area (Å²) < 4.78 is 50.8. The van der Waals surface area contributed by atoms with Gasteiger partial charge in [0.15, 0.2) is 5.75 Å². The number of aliphatic imine (C=N–C) groups is 1. The largest absolute Gasteiger partial charge is 0.481 e. The first kappa shape index (κ1) is 19.2. The number of pyridine rings is 1. The van der Waals surface area contributed by atoms with Gasteiger partial charge in [0.25, 0.3) is 11.8 Å². The molecule has 0 saturated heterocycles. The van der Waals surface area contributed by atoms with Gasteiger partial charge in [0.05, 0.1) is 24.6 Å². The van der Waals surface area contributed by atoms with Crippen LogP contribution < -0.4 is 15.3 Å². The number of nitrogens with zero attached hydrogens (tertiary/aromatic N) is 3. The van der Waals surface area contributed by atoms with E-state index in [1.54, 1.807) is 18.3 Å². The number of nitrogens with two attached hydrogens (primary N) is 1. The summed E-state index contributed by atoms with van der Waals surface area (Å²) in [5.41, 5.74) is -0.386. The minimum absolute atomic E-state index is 0.0555. The van der Waals surface area contributed by atoms with Crippen molar-refractivity contribution in [2.75, 3.05) is 13.7 Å². The van der Waals surface area contributed by atoms with Crippen LogP contribution >= 0.6 is 0 Å². The Kier molecular flexibility index (Phi) is 6.16. The second-order valence-electron chi connectivity index (χ2n) is 5.23. The Balaban J connectivity index is 2.11. The molecular formula is C17H17F3N4O2.